The molecule has 2 aromatic rings. The Kier molecular flexibility index (Phi) is 8.76. The van der Waals surface area contributed by atoms with E-state index in [9.17, 15) is 22.8 Å². The fraction of sp³-hybridized carbons (Fsp3) is 0.350. The summed E-state index contributed by atoms with van der Waals surface area (Å²) in [5.74, 6) is -1.17. The van der Waals surface area contributed by atoms with E-state index >= 15 is 0 Å². The summed E-state index contributed by atoms with van der Waals surface area (Å²) in [6, 6.07) is 0.0302. The highest BCUT2D eigenvalue weighted by Crippen LogP contribution is 2.35. The average Bonchev–Trinajstić information content (AvgIpc) is 3.30. The molecular formula is C20H21Cl2F3N8O2S. The number of nitrogens with zero attached hydrogens (tertiary/aromatic N) is 4. The van der Waals surface area contributed by atoms with Gasteiger partial charge >= 0.3 is 6.18 Å². The first kappa shape index (κ1) is 27.6. The van der Waals surface area contributed by atoms with E-state index in [0.29, 0.717) is 30.0 Å². The molecule has 2 amide bonds. The number of carbonyl (C=O) groups is 2. The average molecular weight is 565 g/mol. The highest BCUT2D eigenvalue weighted by Gasteiger charge is 2.34. The molecule has 0 radical (unpaired) electrons. The fourth-order valence-electron chi connectivity index (χ4n) is 3.02. The molecule has 0 aromatic carbocycles. The van der Waals surface area contributed by atoms with Crippen LogP contribution in [0.4, 0.5) is 19.0 Å². The van der Waals surface area contributed by atoms with Gasteiger partial charge in [0.2, 0.25) is 0 Å². The molecule has 0 spiro atoms. The molecule has 1 aliphatic heterocycles. The number of pyridine rings is 1. The van der Waals surface area contributed by atoms with Gasteiger partial charge in [-0.25, -0.2) is 15.0 Å². The number of likely N-dealkylation sites (N-methyl/N-ethyl adjacent to an activating group) is 1. The number of hydrogen-bond donors (Lipinski definition) is 4. The Morgan fingerprint density at radius 3 is 2.64 bits per heavy atom. The zero-order valence-electron chi connectivity index (χ0n) is 18.9. The number of nitrogens with one attached hydrogen (secondary N) is 3. The number of aliphatic imine (C=N–C) groups is 1. The van der Waals surface area contributed by atoms with Gasteiger partial charge in [0.05, 0.1) is 22.8 Å². The lowest BCUT2D eigenvalue weighted by molar-refractivity contribution is -0.137. The summed E-state index contributed by atoms with van der Waals surface area (Å²) in [6.07, 6.45) is -2.65. The summed E-state index contributed by atoms with van der Waals surface area (Å²) in [6.45, 7) is 2.65. The summed E-state index contributed by atoms with van der Waals surface area (Å²) in [4.78, 5) is 39.3. The number of nitrogens with two attached hydrogens (primary N) is 1. The maximum Gasteiger partial charge on any atom is 0.418 e. The molecule has 5 N–H and O–H groups in total. The number of hydrogen-bond acceptors (Lipinski definition) is 9. The monoisotopic (exact) mass is 564 g/mol. The lowest BCUT2D eigenvalue weighted by Gasteiger charge is -2.27. The molecule has 3 rings (SSSR count). The molecule has 1 unspecified atom stereocenters. The van der Waals surface area contributed by atoms with Crippen LogP contribution in [-0.2, 0) is 11.0 Å². The van der Waals surface area contributed by atoms with Crippen LogP contribution < -0.4 is 21.7 Å². The van der Waals surface area contributed by atoms with Crippen LogP contribution in [0.3, 0.4) is 0 Å². The van der Waals surface area contributed by atoms with Crippen LogP contribution in [0.5, 0.6) is 0 Å². The van der Waals surface area contributed by atoms with Crippen LogP contribution in [0.2, 0.25) is 5.02 Å². The van der Waals surface area contributed by atoms with E-state index in [0.717, 1.165) is 17.5 Å². The highest BCUT2D eigenvalue weighted by molar-refractivity contribution is 7.13. The first-order chi connectivity index (χ1) is 16.9. The fourth-order valence-corrected chi connectivity index (χ4v) is 4.40. The molecule has 0 saturated carbocycles. The number of anilines is 1. The van der Waals surface area contributed by atoms with Gasteiger partial charge in [-0.15, -0.1) is 11.3 Å². The minimum atomic E-state index is -4.71. The van der Waals surface area contributed by atoms with Gasteiger partial charge in [-0.2, -0.15) is 13.2 Å². The smallest absolute Gasteiger partial charge is 0.368 e. The van der Waals surface area contributed by atoms with E-state index in [1.807, 2.05) is 0 Å². The van der Waals surface area contributed by atoms with Crippen molar-refractivity contribution in [3.05, 3.63) is 49.7 Å². The van der Waals surface area contributed by atoms with Crippen LogP contribution in [0.15, 0.2) is 34.2 Å². The van der Waals surface area contributed by atoms with E-state index < -0.39 is 34.6 Å². The standard InChI is InChI=1S/C20H21Cl2F3N8O2S/c1-9(31-18(35)15-14(22)16(27-4-3-26)30-8-33(15)2)19-29-7-12(36-19)17(34)32-13-5-10(20(23,24)25)11(21)6-28-13/h5-7,9H,3-4,8,26H2,1-2H3,(H,27,30)(H,31,35)(H,28,32,34). The van der Waals surface area contributed by atoms with E-state index in [1.54, 1.807) is 18.9 Å². The molecular weight excluding hydrogens is 544 g/mol. The molecule has 10 nitrogen and oxygen atoms in total. The highest BCUT2D eigenvalue weighted by atomic mass is 35.5. The summed E-state index contributed by atoms with van der Waals surface area (Å²) in [5.41, 5.74) is 4.56. The molecule has 0 aliphatic carbocycles. The van der Waals surface area contributed by atoms with Gasteiger partial charge in [-0.3, -0.25) is 9.59 Å². The second-order valence-electron chi connectivity index (χ2n) is 7.48. The second-order valence-corrected chi connectivity index (χ2v) is 9.33. The molecule has 194 valence electrons. The normalized spacial score (nSPS) is 14.9. The van der Waals surface area contributed by atoms with E-state index in [-0.39, 0.29) is 28.1 Å². The van der Waals surface area contributed by atoms with Crippen molar-refractivity contribution in [1.82, 2.24) is 25.5 Å². The third-order valence-electron chi connectivity index (χ3n) is 4.76. The van der Waals surface area contributed by atoms with Crippen molar-refractivity contribution in [3.8, 4) is 0 Å². The Morgan fingerprint density at radius 2 is 1.97 bits per heavy atom. The summed E-state index contributed by atoms with van der Waals surface area (Å²) in [7, 11) is 1.66. The van der Waals surface area contributed by atoms with Crippen molar-refractivity contribution in [1.29, 1.82) is 0 Å². The van der Waals surface area contributed by atoms with Crippen molar-refractivity contribution in [3.63, 3.8) is 0 Å². The van der Waals surface area contributed by atoms with Gasteiger partial charge < -0.3 is 26.6 Å². The van der Waals surface area contributed by atoms with Gasteiger partial charge in [-0.05, 0) is 13.0 Å². The topological polar surface area (TPSA) is 138 Å². The summed E-state index contributed by atoms with van der Waals surface area (Å²) in [5, 5.41) is 7.96. The van der Waals surface area contributed by atoms with Crippen LogP contribution in [0.25, 0.3) is 0 Å². The van der Waals surface area contributed by atoms with Crippen LogP contribution in [0, 0.1) is 0 Å². The third-order valence-corrected chi connectivity index (χ3v) is 6.60. The zero-order valence-corrected chi connectivity index (χ0v) is 21.2. The number of rotatable bonds is 7. The molecule has 0 bridgehead atoms. The Hall–Kier alpha value is -2.94. The van der Waals surface area contributed by atoms with E-state index in [4.69, 9.17) is 28.9 Å². The van der Waals surface area contributed by atoms with Crippen LogP contribution >= 0.6 is 34.5 Å². The van der Waals surface area contributed by atoms with Crippen LogP contribution in [-0.4, -0.2) is 59.3 Å². The predicted molar refractivity (Wildman–Crippen MR) is 131 cm³/mol. The summed E-state index contributed by atoms with van der Waals surface area (Å²) >= 11 is 12.9. The maximum absolute atomic E-state index is 13.0. The van der Waals surface area contributed by atoms with Crippen molar-refractivity contribution in [2.45, 2.75) is 19.1 Å². The number of alkyl halides is 3. The van der Waals surface area contributed by atoms with Crippen molar-refractivity contribution < 1.29 is 22.8 Å². The van der Waals surface area contributed by atoms with E-state index in [1.165, 1.54) is 6.20 Å². The summed E-state index contributed by atoms with van der Waals surface area (Å²) < 4.78 is 39.1. The third kappa shape index (κ3) is 6.43. The molecule has 0 saturated heterocycles. The van der Waals surface area contributed by atoms with Gasteiger partial charge in [0, 0.05) is 26.3 Å². The molecule has 3 heterocycles. The van der Waals surface area contributed by atoms with Crippen molar-refractivity contribution in [2.75, 3.05) is 32.1 Å². The van der Waals surface area contributed by atoms with Gasteiger partial charge in [0.25, 0.3) is 11.8 Å². The minimum absolute atomic E-state index is 0.101. The quantitative estimate of drug-likeness (QED) is 0.405. The number of carbonyl (C=O) groups excluding carboxylic acids is 2. The minimum Gasteiger partial charge on any atom is -0.368 e. The maximum atomic E-state index is 13.0. The molecule has 1 aliphatic rings. The lowest BCUT2D eigenvalue weighted by atomic mass is 10.2. The Bertz CT molecular complexity index is 1220. The molecule has 2 aromatic heterocycles. The Morgan fingerprint density at radius 1 is 1.25 bits per heavy atom. The van der Waals surface area contributed by atoms with Crippen LogP contribution in [0.1, 0.15) is 33.2 Å². The molecule has 1 atom stereocenters. The number of amidine groups is 1. The molecule has 0 fully saturated rings. The number of amides is 2. The van der Waals surface area contributed by atoms with Crippen molar-refractivity contribution in [2.24, 2.45) is 10.7 Å². The van der Waals surface area contributed by atoms with Gasteiger partial charge in [0.15, 0.2) is 0 Å². The first-order valence-electron chi connectivity index (χ1n) is 10.3. The SMILES string of the molecule is CC(NC(=O)C1=C(Cl)C(NCCN)=NCN1C)c1ncc(C(=O)Nc2cc(C(F)(F)F)c(Cl)cn2)s1. The largest absolute Gasteiger partial charge is 0.418 e. The lowest BCUT2D eigenvalue weighted by Crippen LogP contribution is -2.41. The number of aromatic nitrogens is 2. The Labute approximate surface area is 217 Å². The second kappa shape index (κ2) is 11.4. The van der Waals surface area contributed by atoms with Crippen molar-refractivity contribution >= 4 is 58.0 Å². The predicted octanol–water partition coefficient (Wildman–Crippen LogP) is 2.94. The molecule has 36 heavy (non-hydrogen) atoms. The molecule has 16 heteroatoms. The number of halogens is 5. The number of thiazole rings is 1. The van der Waals surface area contributed by atoms with Gasteiger partial charge in [-0.1, -0.05) is 23.2 Å². The van der Waals surface area contributed by atoms with Gasteiger partial charge in [0.1, 0.15) is 38.9 Å². The zero-order chi connectivity index (χ0) is 26.6. The Balaban J connectivity index is 1.69. The first-order valence-corrected chi connectivity index (χ1v) is 11.9. The van der Waals surface area contributed by atoms with E-state index in [2.05, 4.69) is 30.9 Å².